The number of piperidine rings is 1. The van der Waals surface area contributed by atoms with Crippen LogP contribution in [0.1, 0.15) is 37.8 Å². The molecule has 0 aliphatic carbocycles. The molecule has 1 saturated heterocycles. The van der Waals surface area contributed by atoms with Crippen LogP contribution < -0.4 is 5.32 Å². The van der Waals surface area contributed by atoms with E-state index in [4.69, 9.17) is 5.26 Å². The lowest BCUT2D eigenvalue weighted by atomic mass is 9.97. The van der Waals surface area contributed by atoms with Crippen molar-refractivity contribution in [3.63, 3.8) is 0 Å². The highest BCUT2D eigenvalue weighted by molar-refractivity contribution is 5.31. The number of nitrogens with one attached hydrogen (secondary N) is 1. The van der Waals surface area contributed by atoms with Crippen LogP contribution in [0.25, 0.3) is 0 Å². The Balaban J connectivity index is 1.79. The molecule has 1 aromatic rings. The molecule has 114 valence electrons. The van der Waals surface area contributed by atoms with Crippen LogP contribution in [-0.2, 0) is 6.54 Å². The lowest BCUT2D eigenvalue weighted by Gasteiger charge is -2.33. The standard InChI is InChI=1S/C18H27N3/c1-15(2)11-20-12-18-4-3-9-21(14-18)13-17-7-5-16(10-19)6-8-17/h5-8,15,18,20H,3-4,9,11-14H2,1-2H3. The molecule has 0 aromatic heterocycles. The molecule has 3 nitrogen and oxygen atoms in total. The van der Waals surface area contributed by atoms with E-state index in [1.54, 1.807) is 0 Å². The minimum Gasteiger partial charge on any atom is -0.316 e. The predicted octanol–water partition coefficient (Wildman–Crippen LogP) is 3.02. The van der Waals surface area contributed by atoms with Gasteiger partial charge in [-0.05, 0) is 62.0 Å². The molecule has 1 heterocycles. The van der Waals surface area contributed by atoms with Crippen LogP contribution in [0.3, 0.4) is 0 Å². The fourth-order valence-electron chi connectivity index (χ4n) is 2.98. The lowest BCUT2D eigenvalue weighted by Crippen LogP contribution is -2.39. The quantitative estimate of drug-likeness (QED) is 0.873. The summed E-state index contributed by atoms with van der Waals surface area (Å²) in [5.74, 6) is 1.50. The van der Waals surface area contributed by atoms with E-state index >= 15 is 0 Å². The van der Waals surface area contributed by atoms with Crippen molar-refractivity contribution in [2.75, 3.05) is 26.2 Å². The molecule has 0 amide bonds. The van der Waals surface area contributed by atoms with E-state index in [0.29, 0.717) is 0 Å². The monoisotopic (exact) mass is 285 g/mol. The second-order valence-corrected chi connectivity index (χ2v) is 6.60. The Morgan fingerprint density at radius 3 is 2.76 bits per heavy atom. The fraction of sp³-hybridized carbons (Fsp3) is 0.611. The molecular weight excluding hydrogens is 258 g/mol. The maximum absolute atomic E-state index is 8.84. The lowest BCUT2D eigenvalue weighted by molar-refractivity contribution is 0.165. The summed E-state index contributed by atoms with van der Waals surface area (Å²) in [5, 5.41) is 12.4. The minimum atomic E-state index is 0.725. The summed E-state index contributed by atoms with van der Waals surface area (Å²) in [6, 6.07) is 10.2. The SMILES string of the molecule is CC(C)CNCC1CCCN(Cc2ccc(C#N)cc2)C1. The topological polar surface area (TPSA) is 39.1 Å². The van der Waals surface area contributed by atoms with Gasteiger partial charge >= 0.3 is 0 Å². The first-order chi connectivity index (χ1) is 10.2. The third kappa shape index (κ3) is 5.49. The summed E-state index contributed by atoms with van der Waals surface area (Å²) in [6.07, 6.45) is 2.64. The van der Waals surface area contributed by atoms with E-state index in [2.05, 4.69) is 42.3 Å². The van der Waals surface area contributed by atoms with Gasteiger partial charge in [-0.1, -0.05) is 26.0 Å². The van der Waals surface area contributed by atoms with E-state index in [9.17, 15) is 0 Å². The molecule has 1 aliphatic rings. The molecule has 0 bridgehead atoms. The molecule has 1 N–H and O–H groups in total. The fourth-order valence-corrected chi connectivity index (χ4v) is 2.98. The highest BCUT2D eigenvalue weighted by atomic mass is 15.1. The summed E-state index contributed by atoms with van der Waals surface area (Å²) >= 11 is 0. The minimum absolute atomic E-state index is 0.725. The van der Waals surface area contributed by atoms with Gasteiger partial charge in [0.25, 0.3) is 0 Å². The summed E-state index contributed by atoms with van der Waals surface area (Å²) < 4.78 is 0. The van der Waals surface area contributed by atoms with Gasteiger partial charge in [-0.15, -0.1) is 0 Å². The molecule has 1 aromatic carbocycles. The highest BCUT2D eigenvalue weighted by Crippen LogP contribution is 2.18. The van der Waals surface area contributed by atoms with Crippen molar-refractivity contribution >= 4 is 0 Å². The van der Waals surface area contributed by atoms with Gasteiger partial charge in [-0.3, -0.25) is 4.90 Å². The van der Waals surface area contributed by atoms with Crippen molar-refractivity contribution in [1.29, 1.82) is 5.26 Å². The molecule has 0 spiro atoms. The van der Waals surface area contributed by atoms with E-state index in [1.807, 2.05) is 12.1 Å². The number of benzene rings is 1. The number of nitrogens with zero attached hydrogens (tertiary/aromatic N) is 2. The van der Waals surface area contributed by atoms with E-state index in [-0.39, 0.29) is 0 Å². The Morgan fingerprint density at radius 1 is 1.33 bits per heavy atom. The number of rotatable bonds is 6. The molecule has 3 heteroatoms. The van der Waals surface area contributed by atoms with Gasteiger partial charge in [0.15, 0.2) is 0 Å². The van der Waals surface area contributed by atoms with Gasteiger partial charge in [0.1, 0.15) is 0 Å². The smallest absolute Gasteiger partial charge is 0.0991 e. The molecule has 1 fully saturated rings. The average molecular weight is 285 g/mol. The molecule has 2 rings (SSSR count). The first kappa shape index (κ1) is 16.0. The molecule has 0 radical (unpaired) electrons. The number of hydrogen-bond acceptors (Lipinski definition) is 3. The van der Waals surface area contributed by atoms with Crippen LogP contribution in [0.2, 0.25) is 0 Å². The zero-order valence-corrected chi connectivity index (χ0v) is 13.3. The second kappa shape index (κ2) is 8.17. The number of likely N-dealkylation sites (tertiary alicyclic amines) is 1. The Bertz CT molecular complexity index is 458. The largest absolute Gasteiger partial charge is 0.316 e. The second-order valence-electron chi connectivity index (χ2n) is 6.60. The van der Waals surface area contributed by atoms with Crippen molar-refractivity contribution < 1.29 is 0 Å². The van der Waals surface area contributed by atoms with Crippen LogP contribution in [0.5, 0.6) is 0 Å². The van der Waals surface area contributed by atoms with Crippen LogP contribution in [0.15, 0.2) is 24.3 Å². The Labute approximate surface area is 129 Å². The summed E-state index contributed by atoms with van der Waals surface area (Å²) in [6.45, 7) is 10.2. The molecule has 1 aliphatic heterocycles. The molecule has 21 heavy (non-hydrogen) atoms. The maximum atomic E-state index is 8.84. The van der Waals surface area contributed by atoms with E-state index in [0.717, 1.165) is 37.0 Å². The van der Waals surface area contributed by atoms with Crippen molar-refractivity contribution in [3.8, 4) is 6.07 Å². The summed E-state index contributed by atoms with van der Waals surface area (Å²) in [5.41, 5.74) is 2.05. The van der Waals surface area contributed by atoms with Crippen molar-refractivity contribution in [1.82, 2.24) is 10.2 Å². The van der Waals surface area contributed by atoms with E-state index < -0.39 is 0 Å². The van der Waals surface area contributed by atoms with Gasteiger partial charge in [0.05, 0.1) is 11.6 Å². The zero-order valence-electron chi connectivity index (χ0n) is 13.3. The van der Waals surface area contributed by atoms with Crippen LogP contribution in [0, 0.1) is 23.2 Å². The zero-order chi connectivity index (χ0) is 15.1. The first-order valence-electron chi connectivity index (χ1n) is 8.09. The van der Waals surface area contributed by atoms with Crippen molar-refractivity contribution in [3.05, 3.63) is 35.4 Å². The van der Waals surface area contributed by atoms with Gasteiger partial charge in [0.2, 0.25) is 0 Å². The van der Waals surface area contributed by atoms with Crippen LogP contribution >= 0.6 is 0 Å². The normalized spacial score (nSPS) is 19.6. The predicted molar refractivity (Wildman–Crippen MR) is 86.9 cm³/mol. The molecule has 1 unspecified atom stereocenters. The van der Waals surface area contributed by atoms with Gasteiger partial charge in [-0.25, -0.2) is 0 Å². The number of hydrogen-bond donors (Lipinski definition) is 1. The highest BCUT2D eigenvalue weighted by Gasteiger charge is 2.19. The van der Waals surface area contributed by atoms with E-state index in [1.165, 1.54) is 31.5 Å². The molecule has 1 atom stereocenters. The molecule has 0 saturated carbocycles. The van der Waals surface area contributed by atoms with Gasteiger partial charge in [0, 0.05) is 13.1 Å². The summed E-state index contributed by atoms with van der Waals surface area (Å²) in [4.78, 5) is 2.55. The van der Waals surface area contributed by atoms with Crippen molar-refractivity contribution in [2.45, 2.75) is 33.2 Å². The van der Waals surface area contributed by atoms with Gasteiger partial charge < -0.3 is 5.32 Å². The summed E-state index contributed by atoms with van der Waals surface area (Å²) in [7, 11) is 0. The van der Waals surface area contributed by atoms with Crippen molar-refractivity contribution in [2.24, 2.45) is 11.8 Å². The third-order valence-electron chi connectivity index (χ3n) is 4.08. The maximum Gasteiger partial charge on any atom is 0.0991 e. The third-order valence-corrected chi connectivity index (χ3v) is 4.08. The van der Waals surface area contributed by atoms with Gasteiger partial charge in [-0.2, -0.15) is 5.26 Å². The Hall–Kier alpha value is -1.37. The Kier molecular flexibility index (Phi) is 6.22. The first-order valence-corrected chi connectivity index (χ1v) is 8.09. The molecular formula is C18H27N3. The number of nitriles is 1. The Morgan fingerprint density at radius 2 is 2.10 bits per heavy atom. The van der Waals surface area contributed by atoms with Crippen LogP contribution in [-0.4, -0.2) is 31.1 Å². The average Bonchev–Trinajstić information content (AvgIpc) is 2.48. The van der Waals surface area contributed by atoms with Crippen LogP contribution in [0.4, 0.5) is 0 Å².